The highest BCUT2D eigenvalue weighted by Crippen LogP contribution is 2.24. The van der Waals surface area contributed by atoms with Crippen molar-refractivity contribution < 1.29 is 0 Å². The van der Waals surface area contributed by atoms with Gasteiger partial charge in [-0.05, 0) is 68.1 Å². The zero-order valence-corrected chi connectivity index (χ0v) is 16.8. The second kappa shape index (κ2) is 8.02. The van der Waals surface area contributed by atoms with Crippen LogP contribution in [0.3, 0.4) is 0 Å². The minimum Gasteiger partial charge on any atom is -0.341 e. The van der Waals surface area contributed by atoms with E-state index in [1.165, 1.54) is 11.1 Å². The molecule has 0 saturated carbocycles. The molecule has 0 atom stereocenters. The molecule has 1 aromatic heterocycles. The molecule has 0 radical (unpaired) electrons. The van der Waals surface area contributed by atoms with E-state index in [2.05, 4.69) is 56.5 Å². The molecule has 7 heteroatoms. The molecule has 0 amide bonds. The quantitative estimate of drug-likeness (QED) is 0.617. The summed E-state index contributed by atoms with van der Waals surface area (Å²) in [6, 6.07) is 13.7. The van der Waals surface area contributed by atoms with Gasteiger partial charge in [0.15, 0.2) is 0 Å². The Labute approximate surface area is 170 Å². The van der Waals surface area contributed by atoms with Crippen molar-refractivity contribution in [3.63, 3.8) is 0 Å². The molecule has 4 rings (SSSR count). The predicted octanol–water partition coefficient (Wildman–Crippen LogP) is 5.23. The number of aryl methyl sites for hydroxylation is 2. The maximum atomic E-state index is 6.10. The molecule has 1 saturated heterocycles. The number of hydrogen-bond donors (Lipinski definition) is 2. The summed E-state index contributed by atoms with van der Waals surface area (Å²) >= 11 is 6.10. The molecule has 144 valence electrons. The number of benzene rings is 2. The first-order chi connectivity index (χ1) is 13.6. The van der Waals surface area contributed by atoms with Crippen LogP contribution in [0.4, 0.5) is 29.2 Å². The van der Waals surface area contributed by atoms with Gasteiger partial charge in [0.05, 0.1) is 0 Å². The normalized spacial score (nSPS) is 13.6. The van der Waals surface area contributed by atoms with E-state index < -0.39 is 0 Å². The van der Waals surface area contributed by atoms with Gasteiger partial charge in [0.1, 0.15) is 0 Å². The smallest absolute Gasteiger partial charge is 0.233 e. The van der Waals surface area contributed by atoms with Crippen LogP contribution in [0.1, 0.15) is 24.0 Å². The Hall–Kier alpha value is -2.86. The van der Waals surface area contributed by atoms with Gasteiger partial charge in [0, 0.05) is 29.5 Å². The lowest BCUT2D eigenvalue weighted by atomic mass is 10.1. The molecule has 6 nitrogen and oxygen atoms in total. The van der Waals surface area contributed by atoms with Gasteiger partial charge in [-0.15, -0.1) is 0 Å². The second-order valence-corrected chi connectivity index (χ2v) is 7.47. The highest BCUT2D eigenvalue weighted by molar-refractivity contribution is 6.30. The maximum absolute atomic E-state index is 6.10. The predicted molar refractivity (Wildman–Crippen MR) is 115 cm³/mol. The average molecular weight is 395 g/mol. The summed E-state index contributed by atoms with van der Waals surface area (Å²) in [6.07, 6.45) is 2.31. The summed E-state index contributed by atoms with van der Waals surface area (Å²) in [4.78, 5) is 16.0. The molecular formula is C21H23ClN6. The van der Waals surface area contributed by atoms with Crippen LogP contribution in [0.25, 0.3) is 0 Å². The molecule has 0 spiro atoms. The van der Waals surface area contributed by atoms with E-state index in [-0.39, 0.29) is 0 Å². The molecule has 0 bridgehead atoms. The van der Waals surface area contributed by atoms with Crippen molar-refractivity contribution in [3.05, 3.63) is 58.6 Å². The first-order valence-corrected chi connectivity index (χ1v) is 9.82. The lowest BCUT2D eigenvalue weighted by Gasteiger charge is -2.17. The van der Waals surface area contributed by atoms with Gasteiger partial charge in [-0.25, -0.2) is 0 Å². The topological polar surface area (TPSA) is 66.0 Å². The monoisotopic (exact) mass is 394 g/mol. The van der Waals surface area contributed by atoms with Crippen molar-refractivity contribution in [2.45, 2.75) is 26.7 Å². The summed E-state index contributed by atoms with van der Waals surface area (Å²) in [7, 11) is 0. The molecule has 28 heavy (non-hydrogen) atoms. The van der Waals surface area contributed by atoms with Crippen molar-refractivity contribution in [1.29, 1.82) is 0 Å². The number of halogens is 1. The maximum Gasteiger partial charge on any atom is 0.233 e. The van der Waals surface area contributed by atoms with Gasteiger partial charge in [0.25, 0.3) is 0 Å². The molecule has 0 aliphatic carbocycles. The summed E-state index contributed by atoms with van der Waals surface area (Å²) in [6.45, 7) is 6.11. The lowest BCUT2D eigenvalue weighted by Crippen LogP contribution is -2.21. The largest absolute Gasteiger partial charge is 0.341 e. The van der Waals surface area contributed by atoms with E-state index in [1.54, 1.807) is 0 Å². The third kappa shape index (κ3) is 4.34. The lowest BCUT2D eigenvalue weighted by molar-refractivity contribution is 0.886. The fraction of sp³-hybridized carbons (Fsp3) is 0.286. The summed E-state index contributed by atoms with van der Waals surface area (Å²) in [5.41, 5.74) is 4.26. The Kier molecular flexibility index (Phi) is 5.30. The molecule has 1 aliphatic heterocycles. The van der Waals surface area contributed by atoms with Gasteiger partial charge in [0.2, 0.25) is 17.8 Å². The number of nitrogens with zero attached hydrogens (tertiary/aromatic N) is 4. The molecule has 2 aromatic carbocycles. The van der Waals surface area contributed by atoms with Crippen LogP contribution in [-0.2, 0) is 0 Å². The number of anilines is 5. The number of aromatic nitrogens is 3. The highest BCUT2D eigenvalue weighted by Gasteiger charge is 2.18. The van der Waals surface area contributed by atoms with Crippen LogP contribution in [0.2, 0.25) is 5.02 Å². The third-order valence-corrected chi connectivity index (χ3v) is 5.09. The van der Waals surface area contributed by atoms with Crippen molar-refractivity contribution in [3.8, 4) is 0 Å². The van der Waals surface area contributed by atoms with Gasteiger partial charge in [-0.1, -0.05) is 23.7 Å². The number of rotatable bonds is 5. The van der Waals surface area contributed by atoms with E-state index in [9.17, 15) is 0 Å². The van der Waals surface area contributed by atoms with Crippen molar-refractivity contribution >= 4 is 40.8 Å². The van der Waals surface area contributed by atoms with E-state index in [0.29, 0.717) is 22.9 Å². The van der Waals surface area contributed by atoms with Gasteiger partial charge in [-0.3, -0.25) is 0 Å². The summed E-state index contributed by atoms with van der Waals surface area (Å²) in [5, 5.41) is 7.22. The Morgan fingerprint density at radius 3 is 2.14 bits per heavy atom. The van der Waals surface area contributed by atoms with E-state index >= 15 is 0 Å². The van der Waals surface area contributed by atoms with E-state index in [1.807, 2.05) is 30.3 Å². The molecule has 2 N–H and O–H groups in total. The van der Waals surface area contributed by atoms with Crippen LogP contribution >= 0.6 is 11.6 Å². The average Bonchev–Trinajstić information content (AvgIpc) is 3.19. The minimum absolute atomic E-state index is 0.491. The van der Waals surface area contributed by atoms with Gasteiger partial charge in [-0.2, -0.15) is 15.0 Å². The zero-order valence-electron chi connectivity index (χ0n) is 16.0. The molecule has 1 fully saturated rings. The second-order valence-electron chi connectivity index (χ2n) is 7.04. The van der Waals surface area contributed by atoms with Crippen LogP contribution in [0, 0.1) is 13.8 Å². The van der Waals surface area contributed by atoms with Gasteiger partial charge < -0.3 is 15.5 Å². The van der Waals surface area contributed by atoms with Crippen LogP contribution in [0.15, 0.2) is 42.5 Å². The number of nitrogens with one attached hydrogen (secondary N) is 2. The highest BCUT2D eigenvalue weighted by atomic mass is 35.5. The van der Waals surface area contributed by atoms with Crippen LogP contribution in [0.5, 0.6) is 0 Å². The molecule has 3 aromatic rings. The molecule has 0 unspecified atom stereocenters. The Morgan fingerprint density at radius 2 is 1.50 bits per heavy atom. The molecule has 1 aliphatic rings. The molecule has 2 heterocycles. The Bertz CT molecular complexity index is 984. The fourth-order valence-electron chi connectivity index (χ4n) is 3.18. The number of hydrogen-bond acceptors (Lipinski definition) is 6. The third-order valence-electron chi connectivity index (χ3n) is 4.86. The fourth-order valence-corrected chi connectivity index (χ4v) is 3.37. The van der Waals surface area contributed by atoms with Crippen LogP contribution in [-0.4, -0.2) is 28.0 Å². The van der Waals surface area contributed by atoms with Crippen molar-refractivity contribution in [2.24, 2.45) is 0 Å². The minimum atomic E-state index is 0.491. The van der Waals surface area contributed by atoms with Crippen molar-refractivity contribution in [2.75, 3.05) is 28.6 Å². The molecular weight excluding hydrogens is 372 g/mol. The van der Waals surface area contributed by atoms with Crippen molar-refractivity contribution in [1.82, 2.24) is 15.0 Å². The first-order valence-electron chi connectivity index (χ1n) is 9.45. The van der Waals surface area contributed by atoms with Crippen LogP contribution < -0.4 is 15.5 Å². The SMILES string of the molecule is Cc1ccc(Nc2nc(Nc3cccc(Cl)c3)nc(N3CCCC3)n2)cc1C. The van der Waals surface area contributed by atoms with E-state index in [4.69, 9.17) is 11.6 Å². The first kappa shape index (κ1) is 18.5. The summed E-state index contributed by atoms with van der Waals surface area (Å²) < 4.78 is 0. The Balaban J connectivity index is 1.66. The standard InChI is InChI=1S/C21H23ClN6/c1-14-8-9-18(12-15(14)2)24-20-25-19(23-17-7-5-6-16(22)13-17)26-21(27-20)28-10-3-4-11-28/h5-9,12-13H,3-4,10-11H2,1-2H3,(H2,23,24,25,26,27). The Morgan fingerprint density at radius 1 is 0.821 bits per heavy atom. The zero-order chi connectivity index (χ0) is 19.5. The van der Waals surface area contributed by atoms with Gasteiger partial charge >= 0.3 is 0 Å². The van der Waals surface area contributed by atoms with E-state index in [0.717, 1.165) is 37.3 Å². The summed E-state index contributed by atoms with van der Waals surface area (Å²) in [5.74, 6) is 1.69.